The van der Waals surface area contributed by atoms with Crippen molar-refractivity contribution in [2.24, 2.45) is 0 Å². The van der Waals surface area contributed by atoms with Gasteiger partial charge in [0.2, 0.25) is 0 Å². The largest absolute Gasteiger partial charge is 0.461 e. The average molecular weight is 340 g/mol. The highest BCUT2D eigenvalue weighted by Gasteiger charge is 2.09. The molecule has 0 bridgehead atoms. The number of thiophene rings is 1. The van der Waals surface area contributed by atoms with E-state index in [2.05, 4.69) is 36.8 Å². The van der Waals surface area contributed by atoms with Crippen molar-refractivity contribution in [3.8, 4) is 0 Å². The van der Waals surface area contributed by atoms with Gasteiger partial charge in [-0.05, 0) is 31.2 Å². The molecule has 6 heteroatoms. The van der Waals surface area contributed by atoms with Gasteiger partial charge in [0.15, 0.2) is 0 Å². The van der Waals surface area contributed by atoms with Crippen LogP contribution in [0, 0.1) is 6.92 Å². The fraction of sp³-hybridized carbons (Fsp3) is 0.222. The number of rotatable bonds is 1. The van der Waals surface area contributed by atoms with Crippen molar-refractivity contribution < 1.29 is 4.42 Å². The fourth-order valence-corrected chi connectivity index (χ4v) is 3.33. The van der Waals surface area contributed by atoms with E-state index >= 15 is 0 Å². The van der Waals surface area contributed by atoms with E-state index in [0.29, 0.717) is 17.6 Å². The Hall–Kier alpha value is -2.60. The molecule has 0 amide bonds. The second-order valence-corrected chi connectivity index (χ2v) is 7.16. The minimum absolute atomic E-state index is 0.381. The predicted molar refractivity (Wildman–Crippen MR) is 101 cm³/mol. The lowest BCUT2D eigenvalue weighted by atomic mass is 10.1. The highest BCUT2D eigenvalue weighted by atomic mass is 32.1. The summed E-state index contributed by atoms with van der Waals surface area (Å²) in [7, 11) is 0. The quantitative estimate of drug-likeness (QED) is 0.523. The van der Waals surface area contributed by atoms with Crippen molar-refractivity contribution in [1.29, 1.82) is 0 Å². The summed E-state index contributed by atoms with van der Waals surface area (Å²) >= 11 is 1.75. The Morgan fingerprint density at radius 3 is 2.29 bits per heavy atom. The van der Waals surface area contributed by atoms with Gasteiger partial charge in [-0.25, -0.2) is 9.97 Å². The second-order valence-electron chi connectivity index (χ2n) is 5.88. The van der Waals surface area contributed by atoms with Crippen LogP contribution in [0.1, 0.15) is 30.4 Å². The maximum atomic E-state index is 5.70. The molecule has 0 aliphatic heterocycles. The highest BCUT2D eigenvalue weighted by molar-refractivity contribution is 7.19. The fourth-order valence-electron chi connectivity index (χ4n) is 2.40. The first-order valence-corrected chi connectivity index (χ1v) is 8.52. The lowest BCUT2D eigenvalue weighted by Gasteiger charge is -1.95. The van der Waals surface area contributed by atoms with E-state index in [4.69, 9.17) is 15.9 Å². The van der Waals surface area contributed by atoms with E-state index in [0.717, 1.165) is 22.1 Å². The Bertz CT molecular complexity index is 987. The summed E-state index contributed by atoms with van der Waals surface area (Å²) in [6, 6.07) is 7.85. The van der Waals surface area contributed by atoms with Crippen LogP contribution >= 0.6 is 11.3 Å². The summed E-state index contributed by atoms with van der Waals surface area (Å²) < 4.78 is 6.81. The van der Waals surface area contributed by atoms with Crippen LogP contribution in [-0.4, -0.2) is 9.97 Å². The predicted octanol–water partition coefficient (Wildman–Crippen LogP) is 4.72. The molecule has 124 valence electrons. The SMILES string of the molecule is CC(C)c1cc2c(N)nccc2o1.Cc1cc2c(N)nccc2s1. The number of nitrogens with zero attached hydrogens (tertiary/aromatic N) is 2. The Labute approximate surface area is 144 Å². The zero-order valence-electron chi connectivity index (χ0n) is 13.9. The van der Waals surface area contributed by atoms with Gasteiger partial charge >= 0.3 is 0 Å². The van der Waals surface area contributed by atoms with Crippen molar-refractivity contribution >= 4 is 44.0 Å². The van der Waals surface area contributed by atoms with Gasteiger partial charge in [0.1, 0.15) is 23.0 Å². The molecular weight excluding hydrogens is 320 g/mol. The van der Waals surface area contributed by atoms with E-state index in [1.165, 1.54) is 9.58 Å². The molecule has 0 radical (unpaired) electrons. The third-order valence-corrected chi connectivity index (χ3v) is 4.68. The van der Waals surface area contributed by atoms with Crippen LogP contribution in [0.3, 0.4) is 0 Å². The molecule has 4 aromatic heterocycles. The van der Waals surface area contributed by atoms with Crippen molar-refractivity contribution in [2.45, 2.75) is 26.7 Å². The Morgan fingerprint density at radius 1 is 1.00 bits per heavy atom. The van der Waals surface area contributed by atoms with E-state index < -0.39 is 0 Å². The molecule has 0 saturated carbocycles. The molecular formula is C18H20N4OS. The van der Waals surface area contributed by atoms with Crippen molar-refractivity contribution in [1.82, 2.24) is 9.97 Å². The molecule has 4 aromatic rings. The van der Waals surface area contributed by atoms with E-state index in [9.17, 15) is 0 Å². The summed E-state index contributed by atoms with van der Waals surface area (Å²) in [6.45, 7) is 6.24. The molecule has 0 atom stereocenters. The first-order valence-electron chi connectivity index (χ1n) is 7.70. The maximum absolute atomic E-state index is 5.70. The number of aromatic nitrogens is 2. The van der Waals surface area contributed by atoms with Gasteiger partial charge < -0.3 is 15.9 Å². The van der Waals surface area contributed by atoms with Crippen LogP contribution in [0.15, 0.2) is 41.1 Å². The van der Waals surface area contributed by atoms with Crippen molar-refractivity contribution in [2.75, 3.05) is 11.5 Å². The zero-order chi connectivity index (χ0) is 17.3. The third kappa shape index (κ3) is 3.19. The van der Waals surface area contributed by atoms with Crippen LogP contribution in [0.4, 0.5) is 11.6 Å². The maximum Gasteiger partial charge on any atom is 0.139 e. The molecule has 0 aliphatic rings. The topological polar surface area (TPSA) is 91.0 Å². The number of hydrogen-bond acceptors (Lipinski definition) is 6. The normalized spacial score (nSPS) is 11.0. The van der Waals surface area contributed by atoms with Crippen LogP contribution in [0.5, 0.6) is 0 Å². The minimum Gasteiger partial charge on any atom is -0.461 e. The summed E-state index contributed by atoms with van der Waals surface area (Å²) in [4.78, 5) is 9.28. The molecule has 5 nitrogen and oxygen atoms in total. The zero-order valence-corrected chi connectivity index (χ0v) is 14.7. The second kappa shape index (κ2) is 6.49. The summed E-state index contributed by atoms with van der Waals surface area (Å²) in [5.74, 6) is 2.50. The number of nitrogens with two attached hydrogens (primary N) is 2. The van der Waals surface area contributed by atoms with Crippen LogP contribution in [0.25, 0.3) is 21.1 Å². The standard InChI is InChI=1S/C10H12N2O.C8H8N2S/c1-6(2)9-5-7-8(13-9)3-4-12-10(7)11;1-5-4-6-7(11-5)2-3-10-8(6)9/h3-6H,1-2H3,(H2,11,12);2-4H,1H3,(H2,9,10). The molecule has 0 aromatic carbocycles. The first kappa shape index (κ1) is 16.3. The lowest BCUT2D eigenvalue weighted by Crippen LogP contribution is -1.87. The van der Waals surface area contributed by atoms with E-state index in [-0.39, 0.29) is 0 Å². The molecule has 4 N–H and O–H groups in total. The highest BCUT2D eigenvalue weighted by Crippen LogP contribution is 2.28. The van der Waals surface area contributed by atoms with Gasteiger partial charge in [0, 0.05) is 33.3 Å². The summed E-state index contributed by atoms with van der Waals surface area (Å²) in [5.41, 5.74) is 12.2. The molecule has 0 spiro atoms. The number of anilines is 2. The summed E-state index contributed by atoms with van der Waals surface area (Å²) in [5, 5.41) is 1.99. The minimum atomic E-state index is 0.381. The number of pyridine rings is 2. The molecule has 0 saturated heterocycles. The molecule has 0 aliphatic carbocycles. The molecule has 4 rings (SSSR count). The molecule has 0 fully saturated rings. The van der Waals surface area contributed by atoms with Gasteiger partial charge in [-0.1, -0.05) is 13.8 Å². The number of aryl methyl sites for hydroxylation is 1. The van der Waals surface area contributed by atoms with Crippen molar-refractivity contribution in [3.05, 3.63) is 47.3 Å². The third-order valence-electron chi connectivity index (χ3n) is 3.66. The Balaban J connectivity index is 0.000000143. The smallest absolute Gasteiger partial charge is 0.139 e. The summed E-state index contributed by atoms with van der Waals surface area (Å²) in [6.07, 6.45) is 3.40. The molecule has 24 heavy (non-hydrogen) atoms. The first-order chi connectivity index (χ1) is 11.5. The Morgan fingerprint density at radius 2 is 1.67 bits per heavy atom. The average Bonchev–Trinajstić information content (AvgIpc) is 3.12. The van der Waals surface area contributed by atoms with Crippen molar-refractivity contribution in [3.63, 3.8) is 0 Å². The number of hydrogen-bond donors (Lipinski definition) is 2. The Kier molecular flexibility index (Phi) is 4.40. The van der Waals surface area contributed by atoms with E-state index in [1.54, 1.807) is 23.7 Å². The van der Waals surface area contributed by atoms with Gasteiger partial charge in [-0.2, -0.15) is 0 Å². The van der Waals surface area contributed by atoms with Gasteiger partial charge in [0.25, 0.3) is 0 Å². The van der Waals surface area contributed by atoms with Crippen LogP contribution in [-0.2, 0) is 0 Å². The van der Waals surface area contributed by atoms with Crippen LogP contribution in [0.2, 0.25) is 0 Å². The van der Waals surface area contributed by atoms with Crippen LogP contribution < -0.4 is 11.5 Å². The van der Waals surface area contributed by atoms with E-state index in [1.807, 2.05) is 18.2 Å². The number of furan rings is 1. The molecule has 4 heterocycles. The lowest BCUT2D eigenvalue weighted by molar-refractivity contribution is 0.521. The van der Waals surface area contributed by atoms with Gasteiger partial charge in [-0.15, -0.1) is 11.3 Å². The number of fused-ring (bicyclic) bond motifs is 2. The molecule has 0 unspecified atom stereocenters. The van der Waals surface area contributed by atoms with Gasteiger partial charge in [-0.3, -0.25) is 0 Å². The monoisotopic (exact) mass is 340 g/mol. The number of nitrogen functional groups attached to an aromatic ring is 2. The van der Waals surface area contributed by atoms with Gasteiger partial charge in [0.05, 0.1) is 5.39 Å².